The van der Waals surface area contributed by atoms with E-state index in [1.54, 1.807) is 7.05 Å². The molecular weight excluding hydrogens is 531 g/mol. The number of nitrogens with zero attached hydrogens (tertiary/aromatic N) is 1. The first-order valence-corrected chi connectivity index (χ1v) is 11.1. The average Bonchev–Trinajstić information content (AvgIpc) is 3.57. The minimum atomic E-state index is -0.0717. The van der Waals surface area contributed by atoms with Crippen molar-refractivity contribution >= 4 is 35.8 Å². The summed E-state index contributed by atoms with van der Waals surface area (Å²) in [6.45, 7) is 7.32. The molecule has 1 aliphatic rings. The normalized spacial score (nSPS) is 13.2. The molecule has 1 fully saturated rings. The second-order valence-corrected chi connectivity index (χ2v) is 8.33. The number of benzene rings is 2. The molecule has 3 N–H and O–H groups in total. The molecule has 8 heteroatoms. The summed E-state index contributed by atoms with van der Waals surface area (Å²) >= 11 is 0. The molecule has 1 aliphatic carbocycles. The van der Waals surface area contributed by atoms with E-state index in [1.807, 2.05) is 38.1 Å². The van der Waals surface area contributed by atoms with Gasteiger partial charge >= 0.3 is 0 Å². The van der Waals surface area contributed by atoms with Crippen LogP contribution in [0, 0.1) is 6.92 Å². The summed E-state index contributed by atoms with van der Waals surface area (Å²) in [6.07, 6.45) is 2.25. The van der Waals surface area contributed by atoms with Crippen LogP contribution in [0.2, 0.25) is 0 Å². The van der Waals surface area contributed by atoms with Gasteiger partial charge in [-0.05, 0) is 62.9 Å². The number of amides is 1. The van der Waals surface area contributed by atoms with E-state index < -0.39 is 0 Å². The Labute approximate surface area is 213 Å². The second kappa shape index (κ2) is 13.3. The maximum absolute atomic E-state index is 11.8. The van der Waals surface area contributed by atoms with Crippen molar-refractivity contribution in [3.05, 3.63) is 59.2 Å². The van der Waals surface area contributed by atoms with Crippen molar-refractivity contribution < 1.29 is 14.3 Å². The first kappa shape index (κ1) is 26.8. The van der Waals surface area contributed by atoms with Crippen LogP contribution in [0.3, 0.4) is 0 Å². The third-order valence-electron chi connectivity index (χ3n) is 4.93. The molecule has 0 aliphatic heterocycles. The maximum atomic E-state index is 11.8. The highest BCUT2D eigenvalue weighted by molar-refractivity contribution is 14.0. The van der Waals surface area contributed by atoms with Crippen LogP contribution in [-0.4, -0.2) is 37.7 Å². The van der Waals surface area contributed by atoms with Gasteiger partial charge in [-0.1, -0.05) is 24.3 Å². The number of rotatable bonds is 10. The lowest BCUT2D eigenvalue weighted by atomic mass is 10.1. The fourth-order valence-corrected chi connectivity index (χ4v) is 3.15. The molecule has 0 atom stereocenters. The Hall–Kier alpha value is -2.49. The van der Waals surface area contributed by atoms with E-state index in [1.165, 1.54) is 5.56 Å². The van der Waals surface area contributed by atoms with Gasteiger partial charge in [0.05, 0.1) is 6.10 Å². The minimum Gasteiger partial charge on any atom is -0.491 e. The van der Waals surface area contributed by atoms with E-state index in [9.17, 15) is 4.79 Å². The molecule has 3 rings (SSSR count). The molecule has 0 aromatic heterocycles. The number of guanidine groups is 1. The van der Waals surface area contributed by atoms with E-state index in [2.05, 4.69) is 46.1 Å². The zero-order valence-electron chi connectivity index (χ0n) is 19.8. The van der Waals surface area contributed by atoms with Crippen LogP contribution in [0.4, 0.5) is 0 Å². The molecule has 0 radical (unpaired) electrons. The van der Waals surface area contributed by atoms with Gasteiger partial charge in [-0.2, -0.15) is 0 Å². The van der Waals surface area contributed by atoms with Crippen molar-refractivity contribution in [1.82, 2.24) is 16.0 Å². The molecule has 2 aromatic carbocycles. The molecule has 0 spiro atoms. The fourth-order valence-electron chi connectivity index (χ4n) is 3.15. The van der Waals surface area contributed by atoms with Crippen LogP contribution in [0.5, 0.6) is 11.5 Å². The molecule has 0 heterocycles. The number of hydrogen-bond acceptors (Lipinski definition) is 4. The molecule has 1 saturated carbocycles. The van der Waals surface area contributed by atoms with Crippen LogP contribution >= 0.6 is 24.0 Å². The van der Waals surface area contributed by atoms with Crippen molar-refractivity contribution in [3.8, 4) is 11.5 Å². The number of hydrogen-bond donors (Lipinski definition) is 3. The van der Waals surface area contributed by atoms with Gasteiger partial charge in [0.15, 0.2) is 12.6 Å². The van der Waals surface area contributed by atoms with E-state index >= 15 is 0 Å². The Balaban J connectivity index is 0.00000385. The van der Waals surface area contributed by atoms with E-state index in [4.69, 9.17) is 9.47 Å². The first-order valence-electron chi connectivity index (χ1n) is 11.1. The lowest BCUT2D eigenvalue weighted by Crippen LogP contribution is -2.36. The predicted octanol–water partition coefficient (Wildman–Crippen LogP) is 3.92. The minimum absolute atomic E-state index is 0. The Morgan fingerprint density at radius 2 is 1.88 bits per heavy atom. The summed E-state index contributed by atoms with van der Waals surface area (Å²) in [6, 6.07) is 14.3. The number of carbonyl (C=O) groups excluding carboxylic acids is 1. The lowest BCUT2D eigenvalue weighted by molar-refractivity contribution is -0.123. The number of halogens is 1. The van der Waals surface area contributed by atoms with Gasteiger partial charge < -0.3 is 25.4 Å². The smallest absolute Gasteiger partial charge is 0.258 e. The van der Waals surface area contributed by atoms with E-state index in [-0.39, 0.29) is 42.6 Å². The molecule has 7 nitrogen and oxygen atoms in total. The quantitative estimate of drug-likeness (QED) is 0.231. The van der Waals surface area contributed by atoms with Gasteiger partial charge in [-0.25, -0.2) is 0 Å². The summed E-state index contributed by atoms with van der Waals surface area (Å²) in [5.74, 6) is 2.18. The average molecular weight is 566 g/mol. The molecule has 2 aromatic rings. The summed E-state index contributed by atoms with van der Waals surface area (Å²) < 4.78 is 11.6. The SMILES string of the molecule is CN=C(NCc1cccc(OCC(=O)NC2CC2)c1)NCc1ccc(C)cc1OC(C)C.I. The van der Waals surface area contributed by atoms with Gasteiger partial charge in [0.1, 0.15) is 11.5 Å². The summed E-state index contributed by atoms with van der Waals surface area (Å²) in [7, 11) is 1.74. The Morgan fingerprint density at radius 1 is 1.12 bits per heavy atom. The van der Waals surface area contributed by atoms with Crippen molar-refractivity contribution in [2.75, 3.05) is 13.7 Å². The van der Waals surface area contributed by atoms with Crippen molar-refractivity contribution in [3.63, 3.8) is 0 Å². The first-order chi connectivity index (χ1) is 15.4. The summed E-state index contributed by atoms with van der Waals surface area (Å²) in [4.78, 5) is 16.1. The monoisotopic (exact) mass is 566 g/mol. The zero-order valence-corrected chi connectivity index (χ0v) is 22.1. The number of aryl methyl sites for hydroxylation is 1. The summed E-state index contributed by atoms with van der Waals surface area (Å²) in [5, 5.41) is 9.58. The van der Waals surface area contributed by atoms with E-state index in [0.717, 1.165) is 29.7 Å². The van der Waals surface area contributed by atoms with Gasteiger partial charge in [0, 0.05) is 31.7 Å². The van der Waals surface area contributed by atoms with Gasteiger partial charge in [-0.3, -0.25) is 9.79 Å². The van der Waals surface area contributed by atoms with Crippen LogP contribution < -0.4 is 25.4 Å². The van der Waals surface area contributed by atoms with E-state index in [0.29, 0.717) is 30.8 Å². The maximum Gasteiger partial charge on any atom is 0.258 e. The third-order valence-corrected chi connectivity index (χ3v) is 4.93. The zero-order chi connectivity index (χ0) is 22.9. The topological polar surface area (TPSA) is 84.0 Å². The Morgan fingerprint density at radius 3 is 2.58 bits per heavy atom. The second-order valence-electron chi connectivity index (χ2n) is 8.33. The highest BCUT2D eigenvalue weighted by atomic mass is 127. The van der Waals surface area contributed by atoms with Crippen molar-refractivity contribution in [2.24, 2.45) is 4.99 Å². The third kappa shape index (κ3) is 9.49. The van der Waals surface area contributed by atoms with Gasteiger partial charge in [-0.15, -0.1) is 24.0 Å². The molecule has 0 bridgehead atoms. The van der Waals surface area contributed by atoms with Gasteiger partial charge in [0.2, 0.25) is 0 Å². The molecule has 1 amide bonds. The van der Waals surface area contributed by atoms with Crippen LogP contribution in [0.1, 0.15) is 43.4 Å². The highest BCUT2D eigenvalue weighted by Crippen LogP contribution is 2.22. The predicted molar refractivity (Wildman–Crippen MR) is 142 cm³/mol. The molecule has 33 heavy (non-hydrogen) atoms. The number of carbonyl (C=O) groups is 1. The molecule has 0 unspecified atom stereocenters. The Kier molecular flexibility index (Phi) is 10.8. The lowest BCUT2D eigenvalue weighted by Gasteiger charge is -2.17. The molecule has 0 saturated heterocycles. The largest absolute Gasteiger partial charge is 0.491 e. The number of aliphatic imine (C=N–C) groups is 1. The van der Waals surface area contributed by atoms with Crippen molar-refractivity contribution in [2.45, 2.75) is 58.8 Å². The Bertz CT molecular complexity index is 945. The highest BCUT2D eigenvalue weighted by Gasteiger charge is 2.23. The van der Waals surface area contributed by atoms with Crippen molar-refractivity contribution in [1.29, 1.82) is 0 Å². The van der Waals surface area contributed by atoms with Gasteiger partial charge in [0.25, 0.3) is 5.91 Å². The fraction of sp³-hybridized carbons (Fsp3) is 0.440. The van der Waals surface area contributed by atoms with Crippen LogP contribution in [-0.2, 0) is 17.9 Å². The molecule has 180 valence electrons. The molecular formula is C25H35IN4O3. The standard InChI is InChI=1S/C25H34N4O3.HI/c1-17(2)32-23-12-18(3)8-9-20(23)15-28-25(26-4)27-14-19-6-5-7-22(13-19)31-16-24(30)29-21-10-11-21;/h5-9,12-13,17,21H,10-11,14-16H2,1-4H3,(H,29,30)(H2,26,27,28);1H. The van der Waals surface area contributed by atoms with Crippen LogP contribution in [0.25, 0.3) is 0 Å². The van der Waals surface area contributed by atoms with Crippen LogP contribution in [0.15, 0.2) is 47.5 Å². The number of nitrogens with one attached hydrogen (secondary N) is 3. The number of ether oxygens (including phenoxy) is 2. The summed E-state index contributed by atoms with van der Waals surface area (Å²) in [5.41, 5.74) is 3.28.